The van der Waals surface area contributed by atoms with Crippen molar-refractivity contribution in [2.75, 3.05) is 20.8 Å². The molecule has 0 radical (unpaired) electrons. The third-order valence-electron chi connectivity index (χ3n) is 2.99. The summed E-state index contributed by atoms with van der Waals surface area (Å²) in [5.74, 6) is 1.06. The van der Waals surface area contributed by atoms with Crippen molar-refractivity contribution >= 4 is 5.97 Å². The summed E-state index contributed by atoms with van der Waals surface area (Å²) in [5, 5.41) is 3.18. The number of para-hydroxylation sites is 1. The summed E-state index contributed by atoms with van der Waals surface area (Å²) in [7, 11) is 3.19. The van der Waals surface area contributed by atoms with E-state index in [-0.39, 0.29) is 5.97 Å². The van der Waals surface area contributed by atoms with Gasteiger partial charge in [0.25, 0.3) is 0 Å². The van der Waals surface area contributed by atoms with Crippen LogP contribution in [0, 0.1) is 0 Å². The third kappa shape index (κ3) is 3.87. The smallest absolute Gasteiger partial charge is 0.325 e. The second-order valence-electron chi connectivity index (χ2n) is 4.85. The number of nitrogens with one attached hydrogen (secondary N) is 1. The first kappa shape index (κ1) is 16.3. The van der Waals surface area contributed by atoms with Crippen molar-refractivity contribution < 1.29 is 19.0 Å². The van der Waals surface area contributed by atoms with Crippen LogP contribution in [-0.2, 0) is 16.1 Å². The molecule has 0 saturated heterocycles. The Hall–Kier alpha value is -1.75. The number of carbonyl (C=O) groups is 1. The SMILES string of the molecule is CCOC(=O)C(C)(C)NCc1cccc(OC)c1OC. The van der Waals surface area contributed by atoms with E-state index in [1.807, 2.05) is 18.2 Å². The maximum Gasteiger partial charge on any atom is 0.325 e. The maximum absolute atomic E-state index is 11.8. The van der Waals surface area contributed by atoms with E-state index in [0.29, 0.717) is 24.7 Å². The fourth-order valence-electron chi connectivity index (χ4n) is 1.79. The molecule has 20 heavy (non-hydrogen) atoms. The molecule has 1 rings (SSSR count). The highest BCUT2D eigenvalue weighted by molar-refractivity contribution is 5.79. The number of carbonyl (C=O) groups excluding carboxylic acids is 1. The van der Waals surface area contributed by atoms with Gasteiger partial charge in [-0.3, -0.25) is 10.1 Å². The molecule has 0 unspecified atom stereocenters. The standard InChI is InChI=1S/C15H23NO4/c1-6-20-14(17)15(2,3)16-10-11-8-7-9-12(18-4)13(11)19-5/h7-9,16H,6,10H2,1-5H3. The van der Waals surface area contributed by atoms with E-state index >= 15 is 0 Å². The number of rotatable bonds is 7. The monoisotopic (exact) mass is 281 g/mol. The molecule has 0 bridgehead atoms. The fraction of sp³-hybridized carbons (Fsp3) is 0.533. The molecule has 0 fully saturated rings. The molecule has 112 valence electrons. The first-order valence-corrected chi connectivity index (χ1v) is 6.58. The van der Waals surface area contributed by atoms with Gasteiger partial charge in [-0.15, -0.1) is 0 Å². The zero-order valence-corrected chi connectivity index (χ0v) is 12.8. The fourth-order valence-corrected chi connectivity index (χ4v) is 1.79. The van der Waals surface area contributed by atoms with Crippen molar-refractivity contribution in [1.29, 1.82) is 0 Å². The second kappa shape index (κ2) is 7.14. The Morgan fingerprint density at radius 1 is 1.25 bits per heavy atom. The van der Waals surface area contributed by atoms with Crippen LogP contribution in [0.4, 0.5) is 0 Å². The van der Waals surface area contributed by atoms with Crippen molar-refractivity contribution in [2.45, 2.75) is 32.9 Å². The molecule has 0 atom stereocenters. The maximum atomic E-state index is 11.8. The van der Waals surface area contributed by atoms with Crippen LogP contribution in [0.2, 0.25) is 0 Å². The molecule has 0 spiro atoms. The number of hydrogen-bond donors (Lipinski definition) is 1. The van der Waals surface area contributed by atoms with Gasteiger partial charge in [0.2, 0.25) is 0 Å². The van der Waals surface area contributed by atoms with Crippen LogP contribution in [0.25, 0.3) is 0 Å². The topological polar surface area (TPSA) is 56.8 Å². The highest BCUT2D eigenvalue weighted by Crippen LogP contribution is 2.30. The Labute approximate surface area is 120 Å². The summed E-state index contributed by atoms with van der Waals surface area (Å²) in [4.78, 5) is 11.8. The lowest BCUT2D eigenvalue weighted by Crippen LogP contribution is -2.47. The molecule has 5 heteroatoms. The molecular weight excluding hydrogens is 258 g/mol. The van der Waals surface area contributed by atoms with Gasteiger partial charge in [0, 0.05) is 12.1 Å². The molecule has 0 aliphatic carbocycles. The Morgan fingerprint density at radius 3 is 2.50 bits per heavy atom. The molecular formula is C15H23NO4. The van der Waals surface area contributed by atoms with E-state index in [0.717, 1.165) is 5.56 Å². The van der Waals surface area contributed by atoms with Gasteiger partial charge in [0.05, 0.1) is 20.8 Å². The normalized spacial score (nSPS) is 11.1. The summed E-state index contributed by atoms with van der Waals surface area (Å²) in [5.41, 5.74) is 0.161. The van der Waals surface area contributed by atoms with E-state index in [1.165, 1.54) is 0 Å². The van der Waals surface area contributed by atoms with E-state index in [4.69, 9.17) is 14.2 Å². The van der Waals surface area contributed by atoms with Gasteiger partial charge in [-0.25, -0.2) is 0 Å². The van der Waals surface area contributed by atoms with Gasteiger partial charge in [0.1, 0.15) is 5.54 Å². The second-order valence-corrected chi connectivity index (χ2v) is 4.85. The summed E-state index contributed by atoms with van der Waals surface area (Å²) in [6, 6.07) is 5.64. The van der Waals surface area contributed by atoms with Gasteiger partial charge in [-0.2, -0.15) is 0 Å². The molecule has 5 nitrogen and oxygen atoms in total. The Kier molecular flexibility index (Phi) is 5.82. The van der Waals surface area contributed by atoms with Gasteiger partial charge in [-0.1, -0.05) is 12.1 Å². The van der Waals surface area contributed by atoms with Crippen LogP contribution in [0.15, 0.2) is 18.2 Å². The van der Waals surface area contributed by atoms with Crippen LogP contribution >= 0.6 is 0 Å². The van der Waals surface area contributed by atoms with E-state index < -0.39 is 5.54 Å². The number of methoxy groups -OCH3 is 2. The lowest BCUT2D eigenvalue weighted by molar-refractivity contribution is -0.149. The molecule has 0 saturated carbocycles. The van der Waals surface area contributed by atoms with Crippen LogP contribution in [-0.4, -0.2) is 32.3 Å². The minimum atomic E-state index is -0.760. The zero-order chi connectivity index (χ0) is 15.2. The molecule has 0 aromatic heterocycles. The molecule has 0 amide bonds. The lowest BCUT2D eigenvalue weighted by atomic mass is 10.0. The predicted molar refractivity (Wildman–Crippen MR) is 77.1 cm³/mol. The Balaban J connectivity index is 2.82. The Bertz CT molecular complexity index is 457. The average Bonchev–Trinajstić information content (AvgIpc) is 2.44. The Morgan fingerprint density at radius 2 is 1.95 bits per heavy atom. The molecule has 0 aliphatic heterocycles. The summed E-state index contributed by atoms with van der Waals surface area (Å²) in [6.45, 7) is 6.22. The van der Waals surface area contributed by atoms with Gasteiger partial charge >= 0.3 is 5.97 Å². The van der Waals surface area contributed by atoms with Crippen LogP contribution in [0.1, 0.15) is 26.3 Å². The molecule has 1 aromatic rings. The molecule has 0 aliphatic rings. The number of ether oxygens (including phenoxy) is 3. The van der Waals surface area contributed by atoms with E-state index in [2.05, 4.69) is 5.32 Å². The summed E-state index contributed by atoms with van der Waals surface area (Å²) >= 11 is 0. The molecule has 1 aromatic carbocycles. The summed E-state index contributed by atoms with van der Waals surface area (Å²) in [6.07, 6.45) is 0. The lowest BCUT2D eigenvalue weighted by Gasteiger charge is -2.24. The van der Waals surface area contributed by atoms with Crippen LogP contribution in [0.5, 0.6) is 11.5 Å². The van der Waals surface area contributed by atoms with Gasteiger partial charge < -0.3 is 14.2 Å². The third-order valence-corrected chi connectivity index (χ3v) is 2.99. The van der Waals surface area contributed by atoms with Crippen LogP contribution in [0.3, 0.4) is 0 Å². The summed E-state index contributed by atoms with van der Waals surface area (Å²) < 4.78 is 15.6. The van der Waals surface area contributed by atoms with E-state index in [1.54, 1.807) is 35.0 Å². The number of hydrogen-bond acceptors (Lipinski definition) is 5. The molecule has 0 heterocycles. The van der Waals surface area contributed by atoms with Crippen molar-refractivity contribution in [3.63, 3.8) is 0 Å². The van der Waals surface area contributed by atoms with Crippen molar-refractivity contribution in [2.24, 2.45) is 0 Å². The largest absolute Gasteiger partial charge is 0.493 e. The first-order chi connectivity index (χ1) is 9.46. The first-order valence-electron chi connectivity index (χ1n) is 6.58. The number of esters is 1. The minimum absolute atomic E-state index is 0.276. The van der Waals surface area contributed by atoms with Gasteiger partial charge in [-0.05, 0) is 26.8 Å². The van der Waals surface area contributed by atoms with Gasteiger partial charge in [0.15, 0.2) is 11.5 Å². The van der Waals surface area contributed by atoms with Crippen molar-refractivity contribution in [3.8, 4) is 11.5 Å². The average molecular weight is 281 g/mol. The zero-order valence-electron chi connectivity index (χ0n) is 12.8. The van der Waals surface area contributed by atoms with E-state index in [9.17, 15) is 4.79 Å². The minimum Gasteiger partial charge on any atom is -0.493 e. The molecule has 1 N–H and O–H groups in total. The quantitative estimate of drug-likeness (QED) is 0.776. The van der Waals surface area contributed by atoms with Crippen LogP contribution < -0.4 is 14.8 Å². The highest BCUT2D eigenvalue weighted by Gasteiger charge is 2.28. The number of benzene rings is 1. The highest BCUT2D eigenvalue weighted by atomic mass is 16.5. The van der Waals surface area contributed by atoms with Crippen molar-refractivity contribution in [1.82, 2.24) is 5.32 Å². The van der Waals surface area contributed by atoms with Crippen molar-refractivity contribution in [3.05, 3.63) is 23.8 Å². The predicted octanol–water partition coefficient (Wildman–Crippen LogP) is 2.14.